The number of amides is 2. The van der Waals surface area contributed by atoms with E-state index in [1.54, 1.807) is 21.0 Å². The fourth-order valence-corrected chi connectivity index (χ4v) is 3.22. The molecule has 3 atom stereocenters. The largest absolute Gasteiger partial charge is 0.381 e. The SMILES string of the molecule is CCC1C(=O)NC(C)(C)C(=O)N1C1CCC(OC)C1. The minimum absolute atomic E-state index is 0.0284. The van der Waals surface area contributed by atoms with Gasteiger partial charge in [0.15, 0.2) is 0 Å². The first-order valence-electron chi connectivity index (χ1n) is 7.08. The number of nitrogens with one attached hydrogen (secondary N) is 1. The Morgan fingerprint density at radius 1 is 1.37 bits per heavy atom. The monoisotopic (exact) mass is 268 g/mol. The molecule has 0 aromatic rings. The summed E-state index contributed by atoms with van der Waals surface area (Å²) in [6.45, 7) is 5.50. The molecule has 0 spiro atoms. The molecule has 1 N–H and O–H groups in total. The third kappa shape index (κ3) is 2.48. The maximum atomic E-state index is 12.6. The summed E-state index contributed by atoms with van der Waals surface area (Å²) >= 11 is 0. The molecule has 108 valence electrons. The normalized spacial score (nSPS) is 34.5. The highest BCUT2D eigenvalue weighted by Gasteiger charge is 2.48. The van der Waals surface area contributed by atoms with Gasteiger partial charge in [0.1, 0.15) is 11.6 Å². The van der Waals surface area contributed by atoms with E-state index >= 15 is 0 Å². The molecule has 2 rings (SSSR count). The number of hydrogen-bond acceptors (Lipinski definition) is 3. The Bertz CT molecular complexity index is 381. The second-order valence-corrected chi connectivity index (χ2v) is 6.08. The number of carbonyl (C=O) groups excluding carboxylic acids is 2. The molecule has 5 heteroatoms. The zero-order valence-electron chi connectivity index (χ0n) is 12.2. The summed E-state index contributed by atoms with van der Waals surface area (Å²) in [5.41, 5.74) is -0.798. The van der Waals surface area contributed by atoms with Gasteiger partial charge in [-0.05, 0) is 39.5 Å². The summed E-state index contributed by atoms with van der Waals surface area (Å²) in [4.78, 5) is 26.6. The lowest BCUT2D eigenvalue weighted by atomic mass is 9.93. The lowest BCUT2D eigenvalue weighted by Gasteiger charge is -2.45. The van der Waals surface area contributed by atoms with Crippen LogP contribution in [0.4, 0.5) is 0 Å². The highest BCUT2D eigenvalue weighted by atomic mass is 16.5. The quantitative estimate of drug-likeness (QED) is 0.833. The number of nitrogens with zero attached hydrogens (tertiary/aromatic N) is 1. The van der Waals surface area contributed by atoms with Crippen LogP contribution >= 0.6 is 0 Å². The van der Waals surface area contributed by atoms with Gasteiger partial charge in [-0.2, -0.15) is 0 Å². The van der Waals surface area contributed by atoms with Crippen molar-refractivity contribution in [3.05, 3.63) is 0 Å². The van der Waals surface area contributed by atoms with Crippen LogP contribution in [0.15, 0.2) is 0 Å². The van der Waals surface area contributed by atoms with Crippen molar-refractivity contribution >= 4 is 11.8 Å². The van der Waals surface area contributed by atoms with E-state index in [4.69, 9.17) is 4.74 Å². The van der Waals surface area contributed by atoms with E-state index in [9.17, 15) is 9.59 Å². The molecule has 2 fully saturated rings. The zero-order chi connectivity index (χ0) is 14.2. The molecule has 1 saturated carbocycles. The van der Waals surface area contributed by atoms with Crippen molar-refractivity contribution in [2.45, 2.75) is 70.2 Å². The topological polar surface area (TPSA) is 58.6 Å². The van der Waals surface area contributed by atoms with E-state index < -0.39 is 5.54 Å². The van der Waals surface area contributed by atoms with Crippen LogP contribution in [-0.4, -0.2) is 47.6 Å². The maximum Gasteiger partial charge on any atom is 0.248 e. The van der Waals surface area contributed by atoms with Crippen molar-refractivity contribution in [3.63, 3.8) is 0 Å². The molecule has 19 heavy (non-hydrogen) atoms. The van der Waals surface area contributed by atoms with E-state index in [1.165, 1.54) is 0 Å². The molecular formula is C14H24N2O3. The van der Waals surface area contributed by atoms with Crippen LogP contribution in [0.1, 0.15) is 46.5 Å². The van der Waals surface area contributed by atoms with Gasteiger partial charge in [-0.15, -0.1) is 0 Å². The van der Waals surface area contributed by atoms with Crippen molar-refractivity contribution in [2.75, 3.05) is 7.11 Å². The van der Waals surface area contributed by atoms with Gasteiger partial charge in [0.25, 0.3) is 0 Å². The Labute approximate surface area is 114 Å². The fraction of sp³-hybridized carbons (Fsp3) is 0.857. The molecule has 1 heterocycles. The summed E-state index contributed by atoms with van der Waals surface area (Å²) in [5, 5.41) is 2.82. The van der Waals surface area contributed by atoms with E-state index in [-0.39, 0.29) is 30.0 Å². The Hall–Kier alpha value is -1.10. The van der Waals surface area contributed by atoms with Gasteiger partial charge in [0.2, 0.25) is 11.8 Å². The summed E-state index contributed by atoms with van der Waals surface area (Å²) in [6.07, 6.45) is 3.58. The van der Waals surface area contributed by atoms with Crippen LogP contribution in [0, 0.1) is 0 Å². The van der Waals surface area contributed by atoms with Crippen molar-refractivity contribution < 1.29 is 14.3 Å². The van der Waals surface area contributed by atoms with Gasteiger partial charge in [0.05, 0.1) is 6.10 Å². The molecule has 5 nitrogen and oxygen atoms in total. The molecule has 1 saturated heterocycles. The number of hydrogen-bond donors (Lipinski definition) is 1. The Kier molecular flexibility index (Phi) is 3.85. The van der Waals surface area contributed by atoms with E-state index in [0.29, 0.717) is 6.42 Å². The van der Waals surface area contributed by atoms with E-state index in [1.807, 2.05) is 11.8 Å². The van der Waals surface area contributed by atoms with Crippen molar-refractivity contribution in [3.8, 4) is 0 Å². The van der Waals surface area contributed by atoms with Crippen LogP contribution in [0.25, 0.3) is 0 Å². The first kappa shape index (κ1) is 14.3. The van der Waals surface area contributed by atoms with Crippen LogP contribution in [0.5, 0.6) is 0 Å². The molecule has 3 unspecified atom stereocenters. The van der Waals surface area contributed by atoms with Crippen LogP contribution in [0.2, 0.25) is 0 Å². The predicted molar refractivity (Wildman–Crippen MR) is 71.6 cm³/mol. The summed E-state index contributed by atoms with van der Waals surface area (Å²) in [6, 6.07) is -0.200. The number of methoxy groups -OCH3 is 1. The number of rotatable bonds is 3. The second-order valence-electron chi connectivity index (χ2n) is 6.08. The van der Waals surface area contributed by atoms with Gasteiger partial charge in [-0.25, -0.2) is 0 Å². The molecule has 0 bridgehead atoms. The summed E-state index contributed by atoms with van der Waals surface area (Å²) in [5.74, 6) is -0.00586. The smallest absolute Gasteiger partial charge is 0.248 e. The van der Waals surface area contributed by atoms with Gasteiger partial charge < -0.3 is 15.0 Å². The molecule has 0 aromatic heterocycles. The highest BCUT2D eigenvalue weighted by Crippen LogP contribution is 2.32. The van der Waals surface area contributed by atoms with Gasteiger partial charge in [0, 0.05) is 13.2 Å². The molecule has 1 aliphatic carbocycles. The molecule has 0 aromatic carbocycles. The van der Waals surface area contributed by atoms with Crippen molar-refractivity contribution in [2.24, 2.45) is 0 Å². The molecule has 2 amide bonds. The first-order valence-corrected chi connectivity index (χ1v) is 7.08. The molecule has 0 radical (unpaired) electrons. The summed E-state index contributed by atoms with van der Waals surface area (Å²) in [7, 11) is 1.71. The number of piperazine rings is 1. The van der Waals surface area contributed by atoms with E-state index in [0.717, 1.165) is 19.3 Å². The van der Waals surface area contributed by atoms with Crippen molar-refractivity contribution in [1.29, 1.82) is 0 Å². The maximum absolute atomic E-state index is 12.6. The Morgan fingerprint density at radius 3 is 2.58 bits per heavy atom. The molecular weight excluding hydrogens is 244 g/mol. The fourth-order valence-electron chi connectivity index (χ4n) is 3.22. The van der Waals surface area contributed by atoms with Crippen LogP contribution < -0.4 is 5.32 Å². The third-order valence-corrected chi connectivity index (χ3v) is 4.31. The minimum atomic E-state index is -0.798. The minimum Gasteiger partial charge on any atom is -0.381 e. The Morgan fingerprint density at radius 2 is 2.05 bits per heavy atom. The second kappa shape index (κ2) is 5.12. The van der Waals surface area contributed by atoms with Gasteiger partial charge in [-0.3, -0.25) is 9.59 Å². The van der Waals surface area contributed by atoms with E-state index in [2.05, 4.69) is 5.32 Å². The predicted octanol–water partition coefficient (Wildman–Crippen LogP) is 1.07. The molecule has 2 aliphatic rings. The standard InChI is InChI=1S/C14H24N2O3/c1-5-11-12(17)15-14(2,3)13(18)16(11)9-6-7-10(8-9)19-4/h9-11H,5-8H2,1-4H3,(H,15,17). The van der Waals surface area contributed by atoms with Crippen molar-refractivity contribution in [1.82, 2.24) is 10.2 Å². The van der Waals surface area contributed by atoms with Gasteiger partial charge >= 0.3 is 0 Å². The van der Waals surface area contributed by atoms with Crippen LogP contribution in [-0.2, 0) is 14.3 Å². The average molecular weight is 268 g/mol. The average Bonchev–Trinajstić information content (AvgIpc) is 2.81. The highest BCUT2D eigenvalue weighted by molar-refractivity contribution is 5.99. The zero-order valence-corrected chi connectivity index (χ0v) is 12.2. The Balaban J connectivity index is 2.23. The third-order valence-electron chi connectivity index (χ3n) is 4.31. The lowest BCUT2D eigenvalue weighted by molar-refractivity contribution is -0.156. The molecule has 1 aliphatic heterocycles. The van der Waals surface area contributed by atoms with Crippen LogP contribution in [0.3, 0.4) is 0 Å². The lowest BCUT2D eigenvalue weighted by Crippen LogP contribution is -2.69. The first-order chi connectivity index (χ1) is 8.90. The summed E-state index contributed by atoms with van der Waals surface area (Å²) < 4.78 is 5.38. The number of ether oxygens (including phenoxy) is 1. The van der Waals surface area contributed by atoms with Gasteiger partial charge in [-0.1, -0.05) is 6.92 Å². The number of carbonyl (C=O) groups is 2.